The summed E-state index contributed by atoms with van der Waals surface area (Å²) in [7, 11) is 0. The third-order valence-corrected chi connectivity index (χ3v) is 4.65. The Kier molecular flexibility index (Phi) is 7.38. The molecule has 0 fully saturated rings. The lowest BCUT2D eigenvalue weighted by Crippen LogP contribution is -2.30. The Balaban J connectivity index is 1.79. The van der Waals surface area contributed by atoms with Gasteiger partial charge in [-0.25, -0.2) is 0 Å². The molecule has 0 saturated carbocycles. The lowest BCUT2D eigenvalue weighted by molar-refractivity contribution is -0.274. The van der Waals surface area contributed by atoms with E-state index < -0.39 is 30.1 Å². The Labute approximate surface area is 168 Å². The fourth-order valence-corrected chi connectivity index (χ4v) is 3.05. The van der Waals surface area contributed by atoms with E-state index in [4.69, 9.17) is 4.74 Å². The van der Waals surface area contributed by atoms with Crippen LogP contribution in [0.25, 0.3) is 0 Å². The second-order valence-electron chi connectivity index (χ2n) is 6.03. The highest BCUT2D eigenvalue weighted by Gasteiger charge is 2.31. The van der Waals surface area contributed by atoms with Crippen LogP contribution in [0.15, 0.2) is 36.4 Å². The molecule has 0 radical (unpaired) electrons. The molecule has 2 aromatic rings. The van der Waals surface area contributed by atoms with Gasteiger partial charge in [0.15, 0.2) is 11.9 Å². The van der Waals surface area contributed by atoms with Crippen molar-refractivity contribution in [2.45, 2.75) is 39.2 Å². The first-order valence-corrected chi connectivity index (χ1v) is 9.31. The van der Waals surface area contributed by atoms with Gasteiger partial charge in [-0.1, -0.05) is 0 Å². The number of hydrogen-bond acceptors (Lipinski definition) is 6. The molecule has 29 heavy (non-hydrogen) atoms. The van der Waals surface area contributed by atoms with Crippen molar-refractivity contribution in [3.63, 3.8) is 0 Å². The molecule has 2 rings (SSSR count). The number of carbonyl (C=O) groups excluding carboxylic acids is 3. The Morgan fingerprint density at radius 1 is 1.07 bits per heavy atom. The van der Waals surface area contributed by atoms with Crippen LogP contribution in [0.3, 0.4) is 0 Å². The number of anilines is 1. The summed E-state index contributed by atoms with van der Waals surface area (Å²) in [5.74, 6) is -1.98. The highest BCUT2D eigenvalue weighted by Crippen LogP contribution is 2.24. The molecule has 1 heterocycles. The van der Waals surface area contributed by atoms with Crippen LogP contribution in [0.2, 0.25) is 0 Å². The van der Waals surface area contributed by atoms with E-state index >= 15 is 0 Å². The number of Topliss-reactive ketones (excluding diaryl/α,β-unsaturated/α-hetero) is 1. The molecule has 0 aliphatic carbocycles. The van der Waals surface area contributed by atoms with Crippen molar-refractivity contribution in [1.82, 2.24) is 0 Å². The quantitative estimate of drug-likeness (QED) is 0.494. The second kappa shape index (κ2) is 9.55. The van der Waals surface area contributed by atoms with E-state index in [-0.39, 0.29) is 24.3 Å². The van der Waals surface area contributed by atoms with Crippen molar-refractivity contribution >= 4 is 34.7 Å². The summed E-state index contributed by atoms with van der Waals surface area (Å²) in [5, 5.41) is 2.41. The number of esters is 1. The summed E-state index contributed by atoms with van der Waals surface area (Å²) in [6.07, 6.45) is -6.16. The number of amides is 1. The molecule has 10 heteroatoms. The summed E-state index contributed by atoms with van der Waals surface area (Å²) in [4.78, 5) is 37.4. The first-order valence-electron chi connectivity index (χ1n) is 8.49. The number of alkyl halides is 3. The first-order chi connectivity index (χ1) is 13.5. The average molecular weight is 429 g/mol. The highest BCUT2D eigenvalue weighted by molar-refractivity contribution is 7.14. The predicted molar refractivity (Wildman–Crippen MR) is 99.9 cm³/mol. The summed E-state index contributed by atoms with van der Waals surface area (Å²) >= 11 is 1.33. The topological polar surface area (TPSA) is 81.7 Å². The molecule has 1 amide bonds. The highest BCUT2D eigenvalue weighted by atomic mass is 32.1. The maximum atomic E-state index is 12.1. The van der Waals surface area contributed by atoms with Gasteiger partial charge in [0, 0.05) is 17.0 Å². The minimum Gasteiger partial charge on any atom is -0.453 e. The molecule has 0 aliphatic heterocycles. The number of aryl methyl sites for hydroxylation is 1. The van der Waals surface area contributed by atoms with Gasteiger partial charge in [0.1, 0.15) is 5.75 Å². The van der Waals surface area contributed by atoms with E-state index in [9.17, 15) is 27.6 Å². The molecule has 156 valence electrons. The average Bonchev–Trinajstić information content (AvgIpc) is 3.06. The summed E-state index contributed by atoms with van der Waals surface area (Å²) in [5.41, 5.74) is 0.204. The molecule has 1 atom stereocenters. The lowest BCUT2D eigenvalue weighted by Gasteiger charge is -2.14. The van der Waals surface area contributed by atoms with Crippen LogP contribution in [-0.2, 0) is 14.3 Å². The zero-order valence-electron chi connectivity index (χ0n) is 15.5. The first kappa shape index (κ1) is 22.4. The van der Waals surface area contributed by atoms with Crippen molar-refractivity contribution in [3.8, 4) is 5.75 Å². The van der Waals surface area contributed by atoms with E-state index in [1.54, 1.807) is 6.07 Å². The molecule has 1 aromatic carbocycles. The minimum atomic E-state index is -4.81. The zero-order chi connectivity index (χ0) is 21.6. The Bertz CT molecular complexity index is 877. The van der Waals surface area contributed by atoms with Gasteiger partial charge in [0.25, 0.3) is 5.91 Å². The second-order valence-corrected chi connectivity index (χ2v) is 7.31. The molecule has 1 N–H and O–H groups in total. The molecule has 1 unspecified atom stereocenters. The third-order valence-electron chi connectivity index (χ3n) is 3.60. The van der Waals surface area contributed by atoms with Crippen LogP contribution < -0.4 is 10.1 Å². The maximum absolute atomic E-state index is 12.1. The molecular formula is C19H18F3NO5S. The molecule has 1 aromatic heterocycles. The smallest absolute Gasteiger partial charge is 0.453 e. The zero-order valence-corrected chi connectivity index (χ0v) is 16.4. The van der Waals surface area contributed by atoms with Crippen LogP contribution in [-0.4, -0.2) is 30.1 Å². The van der Waals surface area contributed by atoms with Gasteiger partial charge >= 0.3 is 12.3 Å². The molecule has 0 spiro atoms. The number of rotatable bonds is 8. The number of ketones is 1. The van der Waals surface area contributed by atoms with Gasteiger partial charge in [-0.05, 0) is 50.2 Å². The van der Waals surface area contributed by atoms with Crippen LogP contribution >= 0.6 is 11.3 Å². The normalized spacial score (nSPS) is 12.2. The third kappa shape index (κ3) is 7.57. The number of benzene rings is 1. The van der Waals surface area contributed by atoms with E-state index in [1.165, 1.54) is 30.4 Å². The monoisotopic (exact) mass is 429 g/mol. The van der Waals surface area contributed by atoms with Crippen molar-refractivity contribution in [3.05, 3.63) is 46.2 Å². The Hall–Kier alpha value is -2.88. The number of halogens is 3. The number of nitrogens with one attached hydrogen (secondary N) is 1. The van der Waals surface area contributed by atoms with Crippen LogP contribution in [0.1, 0.15) is 34.3 Å². The summed E-state index contributed by atoms with van der Waals surface area (Å²) in [6, 6.07) is 8.01. The SMILES string of the molecule is Cc1ccc(C(=O)CCC(=O)OC(C)C(=O)Nc2ccc(OC(F)(F)F)cc2)s1. The van der Waals surface area contributed by atoms with Gasteiger partial charge in [-0.3, -0.25) is 14.4 Å². The van der Waals surface area contributed by atoms with E-state index in [2.05, 4.69) is 10.1 Å². The summed E-state index contributed by atoms with van der Waals surface area (Å²) in [6.45, 7) is 3.21. The van der Waals surface area contributed by atoms with Crippen molar-refractivity contribution in [2.75, 3.05) is 5.32 Å². The van der Waals surface area contributed by atoms with E-state index in [0.29, 0.717) is 4.88 Å². The van der Waals surface area contributed by atoms with Crippen molar-refractivity contribution in [1.29, 1.82) is 0 Å². The Morgan fingerprint density at radius 3 is 2.28 bits per heavy atom. The largest absolute Gasteiger partial charge is 0.573 e. The van der Waals surface area contributed by atoms with Gasteiger partial charge in [0.05, 0.1) is 11.3 Å². The number of thiophene rings is 1. The minimum absolute atomic E-state index is 0.0339. The van der Waals surface area contributed by atoms with Crippen molar-refractivity contribution in [2.24, 2.45) is 0 Å². The van der Waals surface area contributed by atoms with Crippen LogP contribution in [0, 0.1) is 6.92 Å². The van der Waals surface area contributed by atoms with Gasteiger partial charge in [0.2, 0.25) is 0 Å². The van der Waals surface area contributed by atoms with Crippen LogP contribution in [0.4, 0.5) is 18.9 Å². The van der Waals surface area contributed by atoms with E-state index in [1.807, 2.05) is 13.0 Å². The number of ether oxygens (including phenoxy) is 2. The van der Waals surface area contributed by atoms with Gasteiger partial charge in [-0.2, -0.15) is 0 Å². The van der Waals surface area contributed by atoms with Crippen molar-refractivity contribution < 1.29 is 37.0 Å². The van der Waals surface area contributed by atoms with Gasteiger partial charge in [-0.15, -0.1) is 24.5 Å². The fourth-order valence-electron chi connectivity index (χ4n) is 2.22. The lowest BCUT2D eigenvalue weighted by atomic mass is 10.2. The molecular weight excluding hydrogens is 411 g/mol. The molecule has 0 aliphatic rings. The molecule has 0 saturated heterocycles. The molecule has 0 bridgehead atoms. The molecule has 6 nitrogen and oxygen atoms in total. The Morgan fingerprint density at radius 2 is 1.72 bits per heavy atom. The summed E-state index contributed by atoms with van der Waals surface area (Å²) < 4.78 is 45.1. The number of carbonyl (C=O) groups is 3. The van der Waals surface area contributed by atoms with E-state index in [0.717, 1.165) is 17.0 Å². The number of hydrogen-bond donors (Lipinski definition) is 1. The van der Waals surface area contributed by atoms with Gasteiger partial charge < -0.3 is 14.8 Å². The van der Waals surface area contributed by atoms with Crippen LogP contribution in [0.5, 0.6) is 5.75 Å². The maximum Gasteiger partial charge on any atom is 0.573 e. The predicted octanol–water partition coefficient (Wildman–Crippen LogP) is 4.49. The standard InChI is InChI=1S/C19H18F3NO5S/c1-11-3-9-16(29-11)15(24)8-10-17(25)27-12(2)18(26)23-13-4-6-14(7-5-13)28-19(20,21)22/h3-7,9,12H,8,10H2,1-2H3,(H,23,26). The fraction of sp³-hybridized carbons (Fsp3) is 0.316.